The van der Waals surface area contributed by atoms with E-state index >= 15 is 0 Å². The molecule has 158 valence electrons. The Hall–Kier alpha value is -2.88. The van der Waals surface area contributed by atoms with Gasteiger partial charge in [0.15, 0.2) is 0 Å². The van der Waals surface area contributed by atoms with Gasteiger partial charge in [0.1, 0.15) is 22.1 Å². The van der Waals surface area contributed by atoms with Crippen molar-refractivity contribution in [3.05, 3.63) is 72.3 Å². The average molecular weight is 449 g/mol. The van der Waals surface area contributed by atoms with E-state index in [0.29, 0.717) is 5.75 Å². The predicted molar refractivity (Wildman–Crippen MR) is 110 cm³/mol. The molecule has 0 amide bonds. The molecule has 3 rings (SSSR count). The molecule has 0 saturated carbocycles. The largest absolute Gasteiger partial charge is 0.497 e. The van der Waals surface area contributed by atoms with Gasteiger partial charge in [0.25, 0.3) is 10.1 Å². The van der Waals surface area contributed by atoms with Gasteiger partial charge in [-0.25, -0.2) is 8.42 Å². The SMILES string of the molecule is COc1ccc(S(=O)(=O)c2ccc(Oc3ccc(C)cc3S(=O)(=O)OC)cc2)cc1. The fourth-order valence-corrected chi connectivity index (χ4v) is 4.82. The Morgan fingerprint density at radius 1 is 0.700 bits per heavy atom. The molecule has 0 heterocycles. The van der Waals surface area contributed by atoms with Gasteiger partial charge in [0, 0.05) is 0 Å². The standard InChI is InChI=1S/C21H20O7S2/c1-15-4-13-20(21(14-15)30(24,25)27-3)28-17-7-11-19(12-8-17)29(22,23)18-9-5-16(26-2)6-10-18/h4-14H,1-3H3. The minimum Gasteiger partial charge on any atom is -0.497 e. The highest BCUT2D eigenvalue weighted by Crippen LogP contribution is 2.32. The van der Waals surface area contributed by atoms with Crippen LogP contribution in [-0.4, -0.2) is 31.1 Å². The van der Waals surface area contributed by atoms with Crippen LogP contribution in [-0.2, 0) is 24.1 Å². The van der Waals surface area contributed by atoms with Gasteiger partial charge in [0.2, 0.25) is 9.84 Å². The Balaban J connectivity index is 1.90. The minimum atomic E-state index is -3.98. The smallest absolute Gasteiger partial charge is 0.300 e. The summed E-state index contributed by atoms with van der Waals surface area (Å²) in [7, 11) is -5.13. The van der Waals surface area contributed by atoms with Gasteiger partial charge < -0.3 is 9.47 Å². The van der Waals surface area contributed by atoms with Crippen LogP contribution in [0.25, 0.3) is 0 Å². The summed E-state index contributed by atoms with van der Waals surface area (Å²) >= 11 is 0. The zero-order valence-corrected chi connectivity index (χ0v) is 18.2. The number of sulfone groups is 1. The van der Waals surface area contributed by atoms with Crippen LogP contribution in [0.2, 0.25) is 0 Å². The number of ether oxygens (including phenoxy) is 2. The summed E-state index contributed by atoms with van der Waals surface area (Å²) in [5, 5.41) is 0. The van der Waals surface area contributed by atoms with Crippen molar-refractivity contribution < 1.29 is 30.5 Å². The number of methoxy groups -OCH3 is 1. The quantitative estimate of drug-likeness (QED) is 0.505. The van der Waals surface area contributed by atoms with Crippen LogP contribution in [0.5, 0.6) is 17.2 Å². The molecule has 0 unspecified atom stereocenters. The third kappa shape index (κ3) is 4.48. The van der Waals surface area contributed by atoms with E-state index in [9.17, 15) is 16.8 Å². The van der Waals surface area contributed by atoms with Crippen molar-refractivity contribution in [2.45, 2.75) is 21.6 Å². The van der Waals surface area contributed by atoms with Gasteiger partial charge in [-0.2, -0.15) is 8.42 Å². The van der Waals surface area contributed by atoms with Crippen molar-refractivity contribution in [3.8, 4) is 17.2 Å². The molecular formula is C21H20O7S2. The molecule has 3 aromatic rings. The van der Waals surface area contributed by atoms with E-state index in [1.54, 1.807) is 25.1 Å². The maximum atomic E-state index is 12.8. The Kier molecular flexibility index (Phi) is 6.16. The highest BCUT2D eigenvalue weighted by Gasteiger charge is 2.21. The molecule has 0 aliphatic heterocycles. The molecule has 0 aliphatic rings. The number of benzene rings is 3. The van der Waals surface area contributed by atoms with Gasteiger partial charge in [0.05, 0.1) is 24.0 Å². The summed E-state index contributed by atoms with van der Waals surface area (Å²) in [6.45, 7) is 1.75. The molecular weight excluding hydrogens is 428 g/mol. The highest BCUT2D eigenvalue weighted by atomic mass is 32.2. The van der Waals surface area contributed by atoms with Crippen LogP contribution in [0.4, 0.5) is 0 Å². The zero-order valence-electron chi connectivity index (χ0n) is 16.5. The van der Waals surface area contributed by atoms with E-state index < -0.39 is 20.0 Å². The minimum absolute atomic E-state index is 0.0770. The van der Waals surface area contributed by atoms with Crippen LogP contribution in [0.3, 0.4) is 0 Å². The Morgan fingerprint density at radius 2 is 1.23 bits per heavy atom. The summed E-state index contributed by atoms with van der Waals surface area (Å²) in [4.78, 5) is 0.0950. The van der Waals surface area contributed by atoms with Gasteiger partial charge in [-0.15, -0.1) is 0 Å². The van der Waals surface area contributed by atoms with Crippen molar-refractivity contribution in [2.75, 3.05) is 14.2 Å². The first-order valence-corrected chi connectivity index (χ1v) is 11.6. The monoisotopic (exact) mass is 448 g/mol. The molecule has 0 spiro atoms. The van der Waals surface area contributed by atoms with E-state index in [4.69, 9.17) is 9.47 Å². The van der Waals surface area contributed by atoms with Crippen molar-refractivity contribution in [3.63, 3.8) is 0 Å². The van der Waals surface area contributed by atoms with Gasteiger partial charge >= 0.3 is 0 Å². The van der Waals surface area contributed by atoms with Crippen LogP contribution in [0, 0.1) is 6.92 Å². The third-order valence-corrected chi connectivity index (χ3v) is 7.40. The molecule has 0 atom stereocenters. The van der Waals surface area contributed by atoms with Crippen LogP contribution in [0.15, 0.2) is 81.4 Å². The number of hydrogen-bond acceptors (Lipinski definition) is 7. The molecule has 0 aromatic heterocycles. The Bertz CT molecular complexity index is 1250. The average Bonchev–Trinajstić information content (AvgIpc) is 2.75. The maximum Gasteiger partial charge on any atom is 0.300 e. The Morgan fingerprint density at radius 3 is 1.73 bits per heavy atom. The van der Waals surface area contributed by atoms with Gasteiger partial charge in [-0.1, -0.05) is 6.07 Å². The molecule has 0 radical (unpaired) electrons. The third-order valence-electron chi connectivity index (χ3n) is 4.32. The maximum absolute atomic E-state index is 12.8. The first kappa shape index (κ1) is 21.8. The molecule has 9 heteroatoms. The summed E-state index contributed by atoms with van der Waals surface area (Å²) in [5.41, 5.74) is 0.721. The predicted octanol–water partition coefficient (Wildman–Crippen LogP) is 3.96. The van der Waals surface area contributed by atoms with E-state index in [2.05, 4.69) is 4.18 Å². The lowest BCUT2D eigenvalue weighted by molar-refractivity contribution is 0.391. The lowest BCUT2D eigenvalue weighted by atomic mass is 10.2. The fourth-order valence-electron chi connectivity index (χ4n) is 2.69. The molecule has 0 fully saturated rings. The summed E-state index contributed by atoms with van der Waals surface area (Å²) < 4.78 is 65.2. The van der Waals surface area contributed by atoms with Crippen LogP contribution < -0.4 is 9.47 Å². The first-order chi connectivity index (χ1) is 14.2. The zero-order chi connectivity index (χ0) is 21.9. The number of rotatable bonds is 7. The van der Waals surface area contributed by atoms with Crippen molar-refractivity contribution in [2.24, 2.45) is 0 Å². The van der Waals surface area contributed by atoms with Crippen molar-refractivity contribution in [1.29, 1.82) is 0 Å². The molecule has 3 aromatic carbocycles. The molecule has 0 aliphatic carbocycles. The lowest BCUT2D eigenvalue weighted by Gasteiger charge is -2.12. The lowest BCUT2D eigenvalue weighted by Crippen LogP contribution is -2.05. The number of aryl methyl sites for hydroxylation is 1. The molecule has 0 bridgehead atoms. The van der Waals surface area contributed by atoms with E-state index in [1.165, 1.54) is 55.6 Å². The number of hydrogen-bond donors (Lipinski definition) is 0. The summed E-state index contributed by atoms with van der Waals surface area (Å²) in [6, 6.07) is 16.4. The second-order valence-electron chi connectivity index (χ2n) is 6.32. The second-order valence-corrected chi connectivity index (χ2v) is 9.95. The molecule has 7 nitrogen and oxygen atoms in total. The van der Waals surface area contributed by atoms with E-state index in [-0.39, 0.29) is 26.2 Å². The topological polar surface area (TPSA) is 96.0 Å². The van der Waals surface area contributed by atoms with E-state index in [1.807, 2.05) is 0 Å². The van der Waals surface area contributed by atoms with Gasteiger partial charge in [-0.05, 0) is 73.2 Å². The van der Waals surface area contributed by atoms with Crippen LogP contribution in [0.1, 0.15) is 5.56 Å². The van der Waals surface area contributed by atoms with Crippen LogP contribution >= 0.6 is 0 Å². The van der Waals surface area contributed by atoms with Crippen molar-refractivity contribution in [1.82, 2.24) is 0 Å². The molecule has 0 N–H and O–H groups in total. The van der Waals surface area contributed by atoms with Gasteiger partial charge in [-0.3, -0.25) is 4.18 Å². The molecule has 30 heavy (non-hydrogen) atoms. The van der Waals surface area contributed by atoms with E-state index in [0.717, 1.165) is 12.7 Å². The summed E-state index contributed by atoms with van der Waals surface area (Å²) in [6.07, 6.45) is 0. The molecule has 0 saturated heterocycles. The first-order valence-electron chi connectivity index (χ1n) is 8.76. The fraction of sp³-hybridized carbons (Fsp3) is 0.143. The second kappa shape index (κ2) is 8.47. The Labute approximate surface area is 175 Å². The summed E-state index contributed by atoms with van der Waals surface area (Å²) in [5.74, 6) is 0.908. The highest BCUT2D eigenvalue weighted by molar-refractivity contribution is 7.91. The van der Waals surface area contributed by atoms with Crippen molar-refractivity contribution >= 4 is 20.0 Å². The normalized spacial score (nSPS) is 11.8.